The zero-order chi connectivity index (χ0) is 17.0. The number of carboxylic acid groups (broad SMARTS) is 2. The van der Waals surface area contributed by atoms with Crippen molar-refractivity contribution in [3.8, 4) is 0 Å². The highest BCUT2D eigenvalue weighted by atomic mass is 16.5. The number of ether oxygens (including phenoxy) is 1. The Morgan fingerprint density at radius 2 is 1.50 bits per heavy atom. The predicted octanol–water partition coefficient (Wildman–Crippen LogP) is 3.09. The van der Waals surface area contributed by atoms with Gasteiger partial charge in [0.1, 0.15) is 0 Å². The third kappa shape index (κ3) is 9.37. The van der Waals surface area contributed by atoms with Gasteiger partial charge in [-0.3, -0.25) is 14.4 Å². The van der Waals surface area contributed by atoms with Crippen LogP contribution < -0.4 is 0 Å². The normalized spacial score (nSPS) is 13.4. The second-order valence-electron chi connectivity index (χ2n) is 5.62. The molecule has 128 valence electrons. The van der Waals surface area contributed by atoms with Gasteiger partial charge in [-0.1, -0.05) is 52.4 Å². The number of carbonyl (C=O) groups is 3. The molecule has 0 aromatic rings. The van der Waals surface area contributed by atoms with Crippen LogP contribution in [0.1, 0.15) is 65.2 Å². The number of carboxylic acids is 2. The maximum atomic E-state index is 11.8. The van der Waals surface area contributed by atoms with E-state index in [1.165, 1.54) is 32.6 Å². The summed E-state index contributed by atoms with van der Waals surface area (Å²) >= 11 is 0. The average Bonchev–Trinajstić information content (AvgIpc) is 2.46. The Morgan fingerprint density at radius 3 is 2.00 bits per heavy atom. The minimum Gasteiger partial charge on any atom is -0.481 e. The van der Waals surface area contributed by atoms with Gasteiger partial charge in [0.2, 0.25) is 0 Å². The van der Waals surface area contributed by atoms with Crippen LogP contribution in [0.2, 0.25) is 0 Å². The van der Waals surface area contributed by atoms with E-state index >= 15 is 0 Å². The number of rotatable bonds is 13. The molecule has 0 rings (SSSR count). The summed E-state index contributed by atoms with van der Waals surface area (Å²) in [6, 6.07) is 0. The quantitative estimate of drug-likeness (QED) is 0.400. The minimum atomic E-state index is -1.29. The number of aliphatic carboxylic acids is 2. The molecule has 0 aliphatic heterocycles. The van der Waals surface area contributed by atoms with Crippen molar-refractivity contribution in [2.75, 3.05) is 6.61 Å². The number of carbonyl (C=O) groups excluding carboxylic acids is 1. The number of hydrogen-bond donors (Lipinski definition) is 2. The molecule has 0 aromatic heterocycles. The molecule has 0 fully saturated rings. The highest BCUT2D eigenvalue weighted by molar-refractivity contribution is 5.84. The van der Waals surface area contributed by atoms with Gasteiger partial charge in [-0.25, -0.2) is 0 Å². The van der Waals surface area contributed by atoms with E-state index in [-0.39, 0.29) is 6.61 Å². The second kappa shape index (κ2) is 12.0. The Hall–Kier alpha value is -1.59. The second-order valence-corrected chi connectivity index (χ2v) is 5.62. The average molecular weight is 316 g/mol. The maximum Gasteiger partial charge on any atom is 0.309 e. The first-order valence-electron chi connectivity index (χ1n) is 8.01. The molecule has 0 amide bonds. The lowest BCUT2D eigenvalue weighted by Crippen LogP contribution is -2.31. The van der Waals surface area contributed by atoms with Crippen LogP contribution in [-0.2, 0) is 19.1 Å². The molecule has 2 N–H and O–H groups in total. The lowest BCUT2D eigenvalue weighted by molar-refractivity contribution is -0.159. The van der Waals surface area contributed by atoms with Gasteiger partial charge in [0, 0.05) is 0 Å². The first-order chi connectivity index (χ1) is 10.4. The summed E-state index contributed by atoms with van der Waals surface area (Å²) in [5.41, 5.74) is 0. The number of hydrogen-bond acceptors (Lipinski definition) is 4. The van der Waals surface area contributed by atoms with Crippen molar-refractivity contribution in [1.82, 2.24) is 0 Å². The third-order valence-corrected chi connectivity index (χ3v) is 3.68. The van der Waals surface area contributed by atoms with E-state index in [1.54, 1.807) is 0 Å². The number of esters is 1. The molecule has 0 spiro atoms. The largest absolute Gasteiger partial charge is 0.481 e. The molecule has 6 heteroatoms. The van der Waals surface area contributed by atoms with Crippen LogP contribution in [0.15, 0.2) is 0 Å². The Labute approximate surface area is 131 Å². The van der Waals surface area contributed by atoms with Crippen LogP contribution in [-0.4, -0.2) is 34.7 Å². The Morgan fingerprint density at radius 1 is 0.955 bits per heavy atom. The van der Waals surface area contributed by atoms with E-state index in [0.29, 0.717) is 0 Å². The van der Waals surface area contributed by atoms with Gasteiger partial charge in [-0.05, 0) is 6.42 Å². The first-order valence-corrected chi connectivity index (χ1v) is 8.01. The van der Waals surface area contributed by atoms with Crippen LogP contribution in [0.5, 0.6) is 0 Å². The van der Waals surface area contributed by atoms with Gasteiger partial charge in [0.15, 0.2) is 0 Å². The molecule has 0 saturated carbocycles. The maximum absolute atomic E-state index is 11.8. The summed E-state index contributed by atoms with van der Waals surface area (Å²) in [5, 5.41) is 17.7. The molecule has 0 radical (unpaired) electrons. The molecule has 0 aliphatic rings. The summed E-state index contributed by atoms with van der Waals surface area (Å²) in [6.45, 7) is 3.82. The zero-order valence-electron chi connectivity index (χ0n) is 13.5. The summed E-state index contributed by atoms with van der Waals surface area (Å²) in [4.78, 5) is 33.4. The van der Waals surface area contributed by atoms with Gasteiger partial charge < -0.3 is 14.9 Å². The van der Waals surface area contributed by atoms with Gasteiger partial charge >= 0.3 is 17.9 Å². The van der Waals surface area contributed by atoms with E-state index in [1.807, 2.05) is 0 Å². The van der Waals surface area contributed by atoms with E-state index in [4.69, 9.17) is 14.9 Å². The van der Waals surface area contributed by atoms with Crippen LogP contribution in [0.4, 0.5) is 0 Å². The molecular formula is C16H28O6. The Balaban J connectivity index is 3.94. The van der Waals surface area contributed by atoms with E-state index in [9.17, 15) is 14.4 Å². The zero-order valence-corrected chi connectivity index (χ0v) is 13.5. The number of unbranched alkanes of at least 4 members (excludes halogenated alkanes) is 6. The monoisotopic (exact) mass is 316 g/mol. The standard InChI is InChI=1S/C16H28O6/c1-3-4-5-6-7-8-9-10-22-16(21)12(2)13(15(19)20)11-14(17)18/h12-13H,3-11H2,1-2H3,(H,17,18)(H,19,20). The van der Waals surface area contributed by atoms with Crippen molar-refractivity contribution >= 4 is 17.9 Å². The van der Waals surface area contributed by atoms with E-state index in [2.05, 4.69) is 6.92 Å². The minimum absolute atomic E-state index is 0.260. The first kappa shape index (κ1) is 20.4. The summed E-state index contributed by atoms with van der Waals surface area (Å²) in [7, 11) is 0. The molecule has 2 atom stereocenters. The molecule has 0 bridgehead atoms. The summed E-state index contributed by atoms with van der Waals surface area (Å²) in [5.74, 6) is -5.38. The molecule has 0 saturated heterocycles. The summed E-state index contributed by atoms with van der Waals surface area (Å²) < 4.78 is 5.05. The fourth-order valence-electron chi connectivity index (χ4n) is 2.19. The van der Waals surface area contributed by atoms with E-state index in [0.717, 1.165) is 19.3 Å². The Kier molecular flexibility index (Phi) is 11.1. The van der Waals surface area contributed by atoms with Crippen molar-refractivity contribution in [3.05, 3.63) is 0 Å². The molecule has 2 unspecified atom stereocenters. The van der Waals surface area contributed by atoms with Crippen LogP contribution in [0.25, 0.3) is 0 Å². The van der Waals surface area contributed by atoms with Gasteiger partial charge in [0.25, 0.3) is 0 Å². The van der Waals surface area contributed by atoms with Gasteiger partial charge in [-0.2, -0.15) is 0 Å². The van der Waals surface area contributed by atoms with Crippen molar-refractivity contribution in [2.45, 2.75) is 65.2 Å². The smallest absolute Gasteiger partial charge is 0.309 e. The van der Waals surface area contributed by atoms with Crippen LogP contribution in [0.3, 0.4) is 0 Å². The summed E-state index contributed by atoms with van der Waals surface area (Å²) in [6.07, 6.45) is 7.10. The lowest BCUT2D eigenvalue weighted by Gasteiger charge is -2.17. The highest BCUT2D eigenvalue weighted by Gasteiger charge is 2.33. The fourth-order valence-corrected chi connectivity index (χ4v) is 2.19. The highest BCUT2D eigenvalue weighted by Crippen LogP contribution is 2.18. The topological polar surface area (TPSA) is 101 Å². The SMILES string of the molecule is CCCCCCCCCOC(=O)C(C)C(CC(=O)O)C(=O)O. The third-order valence-electron chi connectivity index (χ3n) is 3.68. The molecule has 22 heavy (non-hydrogen) atoms. The van der Waals surface area contributed by atoms with Crippen molar-refractivity contribution in [1.29, 1.82) is 0 Å². The van der Waals surface area contributed by atoms with Crippen LogP contribution >= 0.6 is 0 Å². The Bertz CT molecular complexity index is 353. The predicted molar refractivity (Wildman–Crippen MR) is 81.5 cm³/mol. The molecule has 6 nitrogen and oxygen atoms in total. The van der Waals surface area contributed by atoms with Crippen molar-refractivity contribution in [2.24, 2.45) is 11.8 Å². The van der Waals surface area contributed by atoms with Crippen molar-refractivity contribution < 1.29 is 29.3 Å². The molecule has 0 aromatic carbocycles. The lowest BCUT2D eigenvalue weighted by atomic mass is 9.91. The molecular weight excluding hydrogens is 288 g/mol. The van der Waals surface area contributed by atoms with Gasteiger partial charge in [-0.15, -0.1) is 0 Å². The van der Waals surface area contributed by atoms with E-state index < -0.39 is 36.2 Å². The van der Waals surface area contributed by atoms with Gasteiger partial charge in [0.05, 0.1) is 24.9 Å². The molecule has 0 aliphatic carbocycles. The van der Waals surface area contributed by atoms with Crippen molar-refractivity contribution in [3.63, 3.8) is 0 Å². The molecule has 0 heterocycles. The fraction of sp³-hybridized carbons (Fsp3) is 0.812. The van der Waals surface area contributed by atoms with Crippen LogP contribution in [0, 0.1) is 11.8 Å².